The van der Waals surface area contributed by atoms with Crippen molar-refractivity contribution in [2.75, 3.05) is 13.2 Å². The molecule has 1 aromatic heterocycles. The van der Waals surface area contributed by atoms with Gasteiger partial charge in [-0.05, 0) is 30.9 Å². The number of aryl methyl sites for hydroxylation is 1. The topological polar surface area (TPSA) is 47.4 Å². The van der Waals surface area contributed by atoms with E-state index in [0.717, 1.165) is 12.4 Å². The first-order chi connectivity index (χ1) is 11.6. The molecule has 1 fully saturated rings. The summed E-state index contributed by atoms with van der Waals surface area (Å²) in [5, 5.41) is 0. The van der Waals surface area contributed by atoms with Gasteiger partial charge in [-0.25, -0.2) is 4.98 Å². The Bertz CT molecular complexity index is 763. The van der Waals surface area contributed by atoms with E-state index < -0.39 is 0 Å². The molecule has 1 amide bonds. The summed E-state index contributed by atoms with van der Waals surface area (Å²) in [4.78, 5) is 18.9. The molecule has 1 spiro atoms. The van der Waals surface area contributed by atoms with Gasteiger partial charge in [0, 0.05) is 37.9 Å². The van der Waals surface area contributed by atoms with Gasteiger partial charge in [0.15, 0.2) is 0 Å². The number of amides is 1. The first kappa shape index (κ1) is 15.4. The standard InChI is InChI=1S/C19H23N3O2/c1-14(18-20-9-10-21(18)2)24-12-17(23)22-11-15-5-3-4-6-16(15)19(13-22)7-8-19/h3-6,9-10,14H,7-8,11-13H2,1-2H3. The third-order valence-electron chi connectivity index (χ3n) is 5.33. The van der Waals surface area contributed by atoms with Crippen molar-refractivity contribution in [2.45, 2.75) is 37.8 Å². The predicted molar refractivity (Wildman–Crippen MR) is 90.3 cm³/mol. The molecule has 1 saturated carbocycles. The Morgan fingerprint density at radius 3 is 2.88 bits per heavy atom. The number of ether oxygens (including phenoxy) is 1. The maximum atomic E-state index is 12.7. The normalized spacial score (nSPS) is 19.2. The van der Waals surface area contributed by atoms with E-state index in [1.807, 2.05) is 29.6 Å². The number of benzene rings is 1. The molecule has 1 aliphatic carbocycles. The maximum Gasteiger partial charge on any atom is 0.248 e. The second-order valence-electron chi connectivity index (χ2n) is 7.04. The lowest BCUT2D eigenvalue weighted by molar-refractivity contribution is -0.139. The van der Waals surface area contributed by atoms with Crippen LogP contribution < -0.4 is 0 Å². The second-order valence-corrected chi connectivity index (χ2v) is 7.04. The van der Waals surface area contributed by atoms with Gasteiger partial charge in [-0.2, -0.15) is 0 Å². The van der Waals surface area contributed by atoms with E-state index in [1.165, 1.54) is 24.0 Å². The Hall–Kier alpha value is -2.14. The molecular formula is C19H23N3O2. The van der Waals surface area contributed by atoms with Crippen molar-refractivity contribution in [1.29, 1.82) is 0 Å². The number of hydrogen-bond donors (Lipinski definition) is 0. The van der Waals surface area contributed by atoms with Crippen molar-refractivity contribution in [1.82, 2.24) is 14.5 Å². The number of carbonyl (C=O) groups excluding carboxylic acids is 1. The highest BCUT2D eigenvalue weighted by atomic mass is 16.5. The van der Waals surface area contributed by atoms with Gasteiger partial charge in [0.1, 0.15) is 18.5 Å². The highest BCUT2D eigenvalue weighted by Gasteiger charge is 2.49. The summed E-state index contributed by atoms with van der Waals surface area (Å²) >= 11 is 0. The molecule has 5 heteroatoms. The Labute approximate surface area is 142 Å². The second kappa shape index (κ2) is 5.74. The lowest BCUT2D eigenvalue weighted by atomic mass is 9.87. The van der Waals surface area contributed by atoms with Crippen molar-refractivity contribution in [3.05, 3.63) is 53.6 Å². The Kier molecular flexibility index (Phi) is 3.68. The molecule has 126 valence electrons. The van der Waals surface area contributed by atoms with Crippen molar-refractivity contribution in [3.8, 4) is 0 Å². The molecule has 0 radical (unpaired) electrons. The number of imidazole rings is 1. The monoisotopic (exact) mass is 325 g/mol. The molecule has 1 aliphatic heterocycles. The van der Waals surface area contributed by atoms with Crippen LogP contribution in [0.15, 0.2) is 36.7 Å². The minimum atomic E-state index is -0.194. The van der Waals surface area contributed by atoms with Crippen LogP contribution in [-0.4, -0.2) is 33.5 Å². The van der Waals surface area contributed by atoms with Gasteiger partial charge >= 0.3 is 0 Å². The molecule has 1 aromatic carbocycles. The summed E-state index contributed by atoms with van der Waals surface area (Å²) in [7, 11) is 1.93. The minimum Gasteiger partial charge on any atom is -0.361 e. The maximum absolute atomic E-state index is 12.7. The lowest BCUT2D eigenvalue weighted by Gasteiger charge is -2.35. The first-order valence-corrected chi connectivity index (χ1v) is 8.54. The highest BCUT2D eigenvalue weighted by molar-refractivity contribution is 5.78. The van der Waals surface area contributed by atoms with Gasteiger partial charge in [-0.1, -0.05) is 24.3 Å². The molecule has 5 nitrogen and oxygen atoms in total. The Morgan fingerprint density at radius 2 is 2.17 bits per heavy atom. The van der Waals surface area contributed by atoms with E-state index in [1.54, 1.807) is 6.20 Å². The van der Waals surface area contributed by atoms with Crippen LogP contribution >= 0.6 is 0 Å². The van der Waals surface area contributed by atoms with Crippen molar-refractivity contribution in [2.24, 2.45) is 7.05 Å². The third-order valence-corrected chi connectivity index (χ3v) is 5.33. The van der Waals surface area contributed by atoms with Crippen LogP contribution in [0.1, 0.15) is 42.8 Å². The highest BCUT2D eigenvalue weighted by Crippen LogP contribution is 2.52. The van der Waals surface area contributed by atoms with Crippen LogP contribution in [0.3, 0.4) is 0 Å². The zero-order valence-corrected chi connectivity index (χ0v) is 14.2. The number of carbonyl (C=O) groups is 1. The van der Waals surface area contributed by atoms with E-state index in [9.17, 15) is 4.79 Å². The molecule has 0 N–H and O–H groups in total. The van der Waals surface area contributed by atoms with Crippen LogP contribution in [0.5, 0.6) is 0 Å². The van der Waals surface area contributed by atoms with E-state index >= 15 is 0 Å². The molecule has 2 heterocycles. The number of hydrogen-bond acceptors (Lipinski definition) is 3. The fraction of sp³-hybridized carbons (Fsp3) is 0.474. The van der Waals surface area contributed by atoms with Crippen molar-refractivity contribution >= 4 is 5.91 Å². The summed E-state index contributed by atoms with van der Waals surface area (Å²) in [5.41, 5.74) is 2.93. The molecule has 0 saturated heterocycles. The largest absolute Gasteiger partial charge is 0.361 e. The van der Waals surface area contributed by atoms with E-state index in [4.69, 9.17) is 4.74 Å². The molecule has 2 aliphatic rings. The number of rotatable bonds is 4. The number of fused-ring (bicyclic) bond motifs is 2. The fourth-order valence-corrected chi connectivity index (χ4v) is 3.77. The Morgan fingerprint density at radius 1 is 1.38 bits per heavy atom. The Balaban J connectivity index is 1.42. The van der Waals surface area contributed by atoms with Gasteiger partial charge in [0.05, 0.1) is 0 Å². The van der Waals surface area contributed by atoms with Gasteiger partial charge in [0.2, 0.25) is 5.91 Å². The minimum absolute atomic E-state index is 0.0665. The molecule has 24 heavy (non-hydrogen) atoms. The van der Waals surface area contributed by atoms with Gasteiger partial charge in [0.25, 0.3) is 0 Å². The van der Waals surface area contributed by atoms with E-state index in [0.29, 0.717) is 6.54 Å². The molecular weight excluding hydrogens is 302 g/mol. The van der Waals surface area contributed by atoms with Gasteiger partial charge in [-0.15, -0.1) is 0 Å². The molecule has 0 bridgehead atoms. The fourth-order valence-electron chi connectivity index (χ4n) is 3.77. The average Bonchev–Trinajstić information content (AvgIpc) is 3.22. The lowest BCUT2D eigenvalue weighted by Crippen LogP contribution is -2.43. The summed E-state index contributed by atoms with van der Waals surface area (Å²) < 4.78 is 7.71. The summed E-state index contributed by atoms with van der Waals surface area (Å²) in [6.07, 6.45) is 5.79. The predicted octanol–water partition coefficient (Wildman–Crippen LogP) is 2.57. The summed E-state index contributed by atoms with van der Waals surface area (Å²) in [5.74, 6) is 0.905. The zero-order valence-electron chi connectivity index (χ0n) is 14.2. The van der Waals surface area contributed by atoms with E-state index in [2.05, 4.69) is 29.2 Å². The third kappa shape index (κ3) is 2.63. The van der Waals surface area contributed by atoms with Crippen LogP contribution in [0.2, 0.25) is 0 Å². The summed E-state index contributed by atoms with van der Waals surface area (Å²) in [6, 6.07) is 8.53. The number of nitrogens with zero attached hydrogens (tertiary/aromatic N) is 3. The van der Waals surface area contributed by atoms with Crippen LogP contribution in [0, 0.1) is 0 Å². The molecule has 1 atom stereocenters. The number of aromatic nitrogens is 2. The zero-order chi connectivity index (χ0) is 16.7. The summed E-state index contributed by atoms with van der Waals surface area (Å²) in [6.45, 7) is 3.55. The van der Waals surface area contributed by atoms with Crippen molar-refractivity contribution < 1.29 is 9.53 Å². The van der Waals surface area contributed by atoms with Gasteiger partial charge in [-0.3, -0.25) is 4.79 Å². The van der Waals surface area contributed by atoms with Crippen LogP contribution in [0.25, 0.3) is 0 Å². The van der Waals surface area contributed by atoms with Gasteiger partial charge < -0.3 is 14.2 Å². The first-order valence-electron chi connectivity index (χ1n) is 8.54. The molecule has 2 aromatic rings. The quantitative estimate of drug-likeness (QED) is 0.868. The molecule has 1 unspecified atom stereocenters. The smallest absolute Gasteiger partial charge is 0.248 e. The van der Waals surface area contributed by atoms with Crippen molar-refractivity contribution in [3.63, 3.8) is 0 Å². The van der Waals surface area contributed by atoms with Crippen LogP contribution in [0.4, 0.5) is 0 Å². The SMILES string of the molecule is CC(OCC(=O)N1Cc2ccccc2C2(CC2)C1)c1nccn1C. The molecule has 4 rings (SSSR count). The average molecular weight is 325 g/mol. The van der Waals surface area contributed by atoms with E-state index in [-0.39, 0.29) is 24.0 Å². The van der Waals surface area contributed by atoms with Crippen LogP contribution in [-0.2, 0) is 28.5 Å².